The number of methoxy groups -OCH3 is 1. The molecule has 0 amide bonds. The van der Waals surface area contributed by atoms with Crippen LogP contribution in [0.5, 0.6) is 5.75 Å². The molecule has 0 heterocycles. The van der Waals surface area contributed by atoms with E-state index in [1.807, 2.05) is 30.3 Å². The highest BCUT2D eigenvalue weighted by Crippen LogP contribution is 2.25. The molecule has 0 aromatic heterocycles. The van der Waals surface area contributed by atoms with Gasteiger partial charge in [0.25, 0.3) is 0 Å². The van der Waals surface area contributed by atoms with Crippen LogP contribution < -0.4 is 4.74 Å². The minimum Gasteiger partial charge on any atom is -0.494 e. The van der Waals surface area contributed by atoms with Crippen LogP contribution in [-0.4, -0.2) is 12.9 Å². The van der Waals surface area contributed by atoms with E-state index in [1.54, 1.807) is 13.0 Å². The fourth-order valence-electron chi connectivity index (χ4n) is 2.03. The number of rotatable bonds is 5. The third-order valence-electron chi connectivity index (χ3n) is 3.20. The van der Waals surface area contributed by atoms with Crippen LogP contribution in [0.25, 0.3) is 11.1 Å². The number of benzene rings is 2. The molecular formula is C17H17FO2. The first-order valence-corrected chi connectivity index (χ1v) is 6.52. The minimum absolute atomic E-state index is 0.186. The van der Waals surface area contributed by atoms with Crippen molar-refractivity contribution < 1.29 is 13.9 Å². The van der Waals surface area contributed by atoms with Crippen molar-refractivity contribution >= 4 is 5.78 Å². The van der Waals surface area contributed by atoms with Crippen molar-refractivity contribution in [2.24, 2.45) is 0 Å². The van der Waals surface area contributed by atoms with Gasteiger partial charge in [-0.25, -0.2) is 4.39 Å². The average molecular weight is 272 g/mol. The molecule has 0 radical (unpaired) electrons. The molecule has 0 saturated heterocycles. The fourth-order valence-corrected chi connectivity index (χ4v) is 2.03. The molecule has 0 fully saturated rings. The highest BCUT2D eigenvalue weighted by atomic mass is 19.1. The smallest absolute Gasteiger partial charge is 0.165 e. The largest absolute Gasteiger partial charge is 0.494 e. The van der Waals surface area contributed by atoms with Gasteiger partial charge in [-0.05, 0) is 42.2 Å². The van der Waals surface area contributed by atoms with Gasteiger partial charge in [-0.2, -0.15) is 0 Å². The van der Waals surface area contributed by atoms with E-state index in [0.717, 1.165) is 23.1 Å². The van der Waals surface area contributed by atoms with E-state index in [4.69, 9.17) is 4.74 Å². The third kappa shape index (κ3) is 3.44. The lowest BCUT2D eigenvalue weighted by atomic mass is 10.0. The Morgan fingerprint density at radius 3 is 2.30 bits per heavy atom. The summed E-state index contributed by atoms with van der Waals surface area (Å²) in [5.41, 5.74) is 2.86. The zero-order chi connectivity index (χ0) is 14.5. The lowest BCUT2D eigenvalue weighted by molar-refractivity contribution is -0.116. The molecule has 2 aromatic rings. The van der Waals surface area contributed by atoms with Gasteiger partial charge >= 0.3 is 0 Å². The Morgan fingerprint density at radius 1 is 1.10 bits per heavy atom. The van der Waals surface area contributed by atoms with Crippen molar-refractivity contribution in [2.45, 2.75) is 19.8 Å². The molecule has 0 bridgehead atoms. The van der Waals surface area contributed by atoms with Crippen LogP contribution in [0.2, 0.25) is 0 Å². The van der Waals surface area contributed by atoms with Gasteiger partial charge in [-0.15, -0.1) is 0 Å². The van der Waals surface area contributed by atoms with Gasteiger partial charge in [0, 0.05) is 6.42 Å². The zero-order valence-corrected chi connectivity index (χ0v) is 11.7. The van der Waals surface area contributed by atoms with Crippen molar-refractivity contribution in [3.63, 3.8) is 0 Å². The minimum atomic E-state index is -0.370. The van der Waals surface area contributed by atoms with Gasteiger partial charge in [0.1, 0.15) is 5.78 Å². The predicted octanol–water partition coefficient (Wildman–Crippen LogP) is 4.02. The van der Waals surface area contributed by atoms with E-state index in [9.17, 15) is 9.18 Å². The monoisotopic (exact) mass is 272 g/mol. The summed E-state index contributed by atoms with van der Waals surface area (Å²) in [5, 5.41) is 0. The molecular weight excluding hydrogens is 255 g/mol. The highest BCUT2D eigenvalue weighted by molar-refractivity contribution is 5.75. The maximum absolute atomic E-state index is 13.7. The summed E-state index contributed by atoms with van der Waals surface area (Å²) in [7, 11) is 1.45. The summed E-state index contributed by atoms with van der Waals surface area (Å²) in [6.07, 6.45) is 1.29. The Balaban J connectivity index is 2.17. The number of carbonyl (C=O) groups is 1. The molecule has 0 aliphatic carbocycles. The Kier molecular flexibility index (Phi) is 4.51. The van der Waals surface area contributed by atoms with Gasteiger partial charge in [0.15, 0.2) is 11.6 Å². The lowest BCUT2D eigenvalue weighted by Crippen LogP contribution is -1.94. The van der Waals surface area contributed by atoms with Crippen molar-refractivity contribution in [1.29, 1.82) is 0 Å². The lowest BCUT2D eigenvalue weighted by Gasteiger charge is -2.06. The molecule has 0 N–H and O–H groups in total. The van der Waals surface area contributed by atoms with Crippen LogP contribution in [0.15, 0.2) is 42.5 Å². The number of hydrogen-bond acceptors (Lipinski definition) is 2. The topological polar surface area (TPSA) is 26.3 Å². The van der Waals surface area contributed by atoms with Crippen molar-refractivity contribution in [3.8, 4) is 16.9 Å². The Morgan fingerprint density at radius 2 is 1.75 bits per heavy atom. The molecule has 104 valence electrons. The molecule has 0 aliphatic rings. The molecule has 0 saturated carbocycles. The maximum Gasteiger partial charge on any atom is 0.165 e. The molecule has 3 heteroatoms. The third-order valence-corrected chi connectivity index (χ3v) is 3.20. The first-order valence-electron chi connectivity index (χ1n) is 6.52. The molecule has 0 spiro atoms. The first kappa shape index (κ1) is 14.3. The van der Waals surface area contributed by atoms with Crippen LogP contribution in [0.4, 0.5) is 4.39 Å². The summed E-state index contributed by atoms with van der Waals surface area (Å²) in [6.45, 7) is 1.59. The standard InChI is InChI=1S/C17H17FO2/c1-12(19)3-4-13-5-7-14(8-6-13)15-9-10-17(20-2)16(18)11-15/h5-11H,3-4H2,1-2H3. The van der Waals surface area contributed by atoms with Gasteiger partial charge in [0.2, 0.25) is 0 Å². The summed E-state index contributed by atoms with van der Waals surface area (Å²) >= 11 is 0. The van der Waals surface area contributed by atoms with E-state index in [0.29, 0.717) is 6.42 Å². The number of halogens is 1. The second kappa shape index (κ2) is 6.33. The Labute approximate surface area is 118 Å². The van der Waals surface area contributed by atoms with Crippen LogP contribution >= 0.6 is 0 Å². The second-order valence-corrected chi connectivity index (χ2v) is 4.75. The maximum atomic E-state index is 13.7. The van der Waals surface area contributed by atoms with E-state index in [1.165, 1.54) is 13.2 Å². The van der Waals surface area contributed by atoms with E-state index in [2.05, 4.69) is 0 Å². The van der Waals surface area contributed by atoms with Crippen LogP contribution in [-0.2, 0) is 11.2 Å². The molecule has 2 rings (SSSR count). The van der Waals surface area contributed by atoms with Crippen molar-refractivity contribution in [3.05, 3.63) is 53.8 Å². The Hall–Kier alpha value is -2.16. The SMILES string of the molecule is COc1ccc(-c2ccc(CCC(C)=O)cc2)cc1F. The number of hydrogen-bond donors (Lipinski definition) is 0. The van der Waals surface area contributed by atoms with Crippen LogP contribution in [0.3, 0.4) is 0 Å². The molecule has 2 aromatic carbocycles. The second-order valence-electron chi connectivity index (χ2n) is 4.75. The zero-order valence-electron chi connectivity index (χ0n) is 11.7. The predicted molar refractivity (Wildman–Crippen MR) is 77.4 cm³/mol. The number of carbonyl (C=O) groups excluding carboxylic acids is 1. The molecule has 0 aliphatic heterocycles. The Bertz CT molecular complexity index is 603. The summed E-state index contributed by atoms with van der Waals surface area (Å²) in [6, 6.07) is 12.7. The van der Waals surface area contributed by atoms with Gasteiger partial charge in [-0.3, -0.25) is 0 Å². The molecule has 2 nitrogen and oxygen atoms in total. The molecule has 20 heavy (non-hydrogen) atoms. The van der Waals surface area contributed by atoms with E-state index >= 15 is 0 Å². The van der Waals surface area contributed by atoms with Crippen LogP contribution in [0.1, 0.15) is 18.9 Å². The molecule has 0 atom stereocenters. The average Bonchev–Trinajstić information content (AvgIpc) is 2.45. The fraction of sp³-hybridized carbons (Fsp3) is 0.235. The summed E-state index contributed by atoms with van der Waals surface area (Å²) < 4.78 is 18.6. The van der Waals surface area contributed by atoms with Crippen molar-refractivity contribution in [2.75, 3.05) is 7.11 Å². The number of Topliss-reactive ketones (excluding diaryl/α,β-unsaturated/α-hetero) is 1. The first-order chi connectivity index (χ1) is 9.60. The normalized spacial score (nSPS) is 10.3. The van der Waals surface area contributed by atoms with E-state index < -0.39 is 0 Å². The van der Waals surface area contributed by atoms with Gasteiger partial charge in [0.05, 0.1) is 7.11 Å². The summed E-state index contributed by atoms with van der Waals surface area (Å²) in [5.74, 6) is 0.0591. The number of aryl methyl sites for hydroxylation is 1. The van der Waals surface area contributed by atoms with Crippen molar-refractivity contribution in [1.82, 2.24) is 0 Å². The van der Waals surface area contributed by atoms with Gasteiger partial charge in [-0.1, -0.05) is 30.3 Å². The molecule has 0 unspecified atom stereocenters. The summed E-state index contributed by atoms with van der Waals surface area (Å²) in [4.78, 5) is 10.9. The quantitative estimate of drug-likeness (QED) is 0.821. The highest BCUT2D eigenvalue weighted by Gasteiger charge is 2.05. The van der Waals surface area contributed by atoms with Crippen LogP contribution in [0, 0.1) is 5.82 Å². The van der Waals surface area contributed by atoms with Gasteiger partial charge < -0.3 is 9.53 Å². The number of ether oxygens (including phenoxy) is 1. The van der Waals surface area contributed by atoms with E-state index in [-0.39, 0.29) is 17.3 Å². The number of ketones is 1.